The van der Waals surface area contributed by atoms with E-state index in [0.717, 1.165) is 25.1 Å². The average Bonchev–Trinajstić information content (AvgIpc) is 2.47. The van der Waals surface area contributed by atoms with Crippen molar-refractivity contribution in [2.75, 3.05) is 39.8 Å². The first-order valence-corrected chi connectivity index (χ1v) is 6.84. The summed E-state index contributed by atoms with van der Waals surface area (Å²) in [4.78, 5) is 14.6. The van der Waals surface area contributed by atoms with Crippen molar-refractivity contribution in [3.05, 3.63) is 29.8 Å². The molecule has 1 aliphatic heterocycles. The Kier molecular flexibility index (Phi) is 4.62. The number of aliphatic hydroxyl groups is 1. The third-order valence-electron chi connectivity index (χ3n) is 3.77. The molecule has 0 aromatic heterocycles. The number of methoxy groups -OCH3 is 1. The van der Waals surface area contributed by atoms with Crippen molar-refractivity contribution in [3.63, 3.8) is 0 Å². The Balaban J connectivity index is 2.05. The van der Waals surface area contributed by atoms with E-state index in [-0.39, 0.29) is 0 Å². The summed E-state index contributed by atoms with van der Waals surface area (Å²) in [6.07, 6.45) is 0.885. The highest BCUT2D eigenvalue weighted by Gasteiger charge is 2.30. The zero-order valence-corrected chi connectivity index (χ0v) is 12.1. The lowest BCUT2D eigenvalue weighted by atomic mass is 9.94. The first-order chi connectivity index (χ1) is 9.56. The van der Waals surface area contributed by atoms with Crippen molar-refractivity contribution < 1.29 is 14.6 Å². The van der Waals surface area contributed by atoms with Crippen LogP contribution in [-0.2, 0) is 10.4 Å². The van der Waals surface area contributed by atoms with Crippen molar-refractivity contribution in [2.45, 2.75) is 12.5 Å². The molecule has 0 radical (unpaired) electrons. The molecule has 1 aromatic rings. The molecule has 5 nitrogen and oxygen atoms in total. The number of β-amino-alcohol motifs (C(OH)–C–C–N with tert-alkyl or cyclic N) is 1. The Bertz CT molecular complexity index is 454. The molecule has 1 unspecified atom stereocenters. The maximum absolute atomic E-state index is 10.8. The van der Waals surface area contributed by atoms with E-state index in [0.29, 0.717) is 25.4 Å². The molecule has 1 amide bonds. The van der Waals surface area contributed by atoms with Gasteiger partial charge in [-0.25, -0.2) is 0 Å². The van der Waals surface area contributed by atoms with E-state index in [2.05, 4.69) is 4.90 Å². The molecule has 1 saturated heterocycles. The molecular formula is C15H22N2O3. The Morgan fingerprint density at radius 1 is 1.30 bits per heavy atom. The Labute approximate surface area is 119 Å². The summed E-state index contributed by atoms with van der Waals surface area (Å²) in [7, 11) is 1.61. The van der Waals surface area contributed by atoms with E-state index >= 15 is 0 Å². The fraction of sp³-hybridized carbons (Fsp3) is 0.533. The summed E-state index contributed by atoms with van der Waals surface area (Å²) >= 11 is 0. The normalized spacial score (nSPS) is 19.4. The van der Waals surface area contributed by atoms with Crippen LogP contribution in [0.25, 0.3) is 0 Å². The molecule has 1 N–H and O–H groups in total. The number of rotatable bonds is 5. The van der Waals surface area contributed by atoms with Gasteiger partial charge in [-0.1, -0.05) is 18.2 Å². The maximum Gasteiger partial charge on any atom is 0.209 e. The Hall–Kier alpha value is -1.59. The molecule has 0 spiro atoms. The predicted molar refractivity (Wildman–Crippen MR) is 76.6 cm³/mol. The first-order valence-electron chi connectivity index (χ1n) is 6.84. The number of carbonyl (C=O) groups excluding carboxylic acids is 1. The highest BCUT2D eigenvalue weighted by Crippen LogP contribution is 2.30. The zero-order valence-electron chi connectivity index (χ0n) is 12.1. The van der Waals surface area contributed by atoms with Gasteiger partial charge in [0.15, 0.2) is 0 Å². The first kappa shape index (κ1) is 14.8. The lowest BCUT2D eigenvalue weighted by Crippen LogP contribution is -2.49. The molecule has 0 saturated carbocycles. The maximum atomic E-state index is 10.8. The van der Waals surface area contributed by atoms with Crippen LogP contribution in [0.15, 0.2) is 24.3 Å². The van der Waals surface area contributed by atoms with Gasteiger partial charge in [0.1, 0.15) is 11.4 Å². The largest absolute Gasteiger partial charge is 0.496 e. The topological polar surface area (TPSA) is 53.0 Å². The molecule has 20 heavy (non-hydrogen) atoms. The molecule has 110 valence electrons. The summed E-state index contributed by atoms with van der Waals surface area (Å²) in [5.74, 6) is 0.698. The van der Waals surface area contributed by atoms with Crippen LogP contribution in [0.2, 0.25) is 0 Å². The molecule has 1 fully saturated rings. The van der Waals surface area contributed by atoms with Crippen molar-refractivity contribution >= 4 is 6.41 Å². The van der Waals surface area contributed by atoms with Gasteiger partial charge in [0, 0.05) is 38.3 Å². The lowest BCUT2D eigenvalue weighted by Gasteiger charge is -2.37. The summed E-state index contributed by atoms with van der Waals surface area (Å²) in [5, 5.41) is 10.8. The smallest absolute Gasteiger partial charge is 0.209 e. The fourth-order valence-electron chi connectivity index (χ4n) is 2.64. The van der Waals surface area contributed by atoms with Crippen molar-refractivity contribution in [1.29, 1.82) is 0 Å². The molecule has 1 aliphatic rings. The summed E-state index contributed by atoms with van der Waals surface area (Å²) < 4.78 is 5.32. The summed E-state index contributed by atoms with van der Waals surface area (Å²) in [5.41, 5.74) is -0.184. The van der Waals surface area contributed by atoms with Crippen LogP contribution < -0.4 is 4.74 Å². The third kappa shape index (κ3) is 3.29. The van der Waals surface area contributed by atoms with Crippen LogP contribution in [0.3, 0.4) is 0 Å². The number of piperazine rings is 1. The fourth-order valence-corrected chi connectivity index (χ4v) is 2.64. The molecule has 1 heterocycles. The van der Waals surface area contributed by atoms with Gasteiger partial charge in [-0.05, 0) is 13.0 Å². The molecule has 1 aromatic carbocycles. The van der Waals surface area contributed by atoms with Crippen LogP contribution in [0.5, 0.6) is 5.75 Å². The van der Waals surface area contributed by atoms with Gasteiger partial charge in [0.05, 0.1) is 7.11 Å². The van der Waals surface area contributed by atoms with Gasteiger partial charge in [0.2, 0.25) is 6.41 Å². The highest BCUT2D eigenvalue weighted by atomic mass is 16.5. The second-order valence-corrected chi connectivity index (χ2v) is 5.39. The van der Waals surface area contributed by atoms with Gasteiger partial charge in [-0.2, -0.15) is 0 Å². The van der Waals surface area contributed by atoms with E-state index < -0.39 is 5.60 Å². The quantitative estimate of drug-likeness (QED) is 0.805. The number of carbonyl (C=O) groups is 1. The van der Waals surface area contributed by atoms with Gasteiger partial charge in [0.25, 0.3) is 0 Å². The minimum absolute atomic E-state index is 0.528. The lowest BCUT2D eigenvalue weighted by molar-refractivity contribution is -0.120. The molecule has 2 rings (SSSR count). The van der Waals surface area contributed by atoms with Crippen LogP contribution in [0.1, 0.15) is 12.5 Å². The molecule has 5 heteroatoms. The Morgan fingerprint density at radius 2 is 1.95 bits per heavy atom. The van der Waals surface area contributed by atoms with E-state index in [1.165, 1.54) is 0 Å². The van der Waals surface area contributed by atoms with E-state index in [4.69, 9.17) is 4.74 Å². The van der Waals surface area contributed by atoms with Gasteiger partial charge in [-0.15, -0.1) is 0 Å². The third-order valence-corrected chi connectivity index (χ3v) is 3.77. The second kappa shape index (κ2) is 6.24. The number of hydrogen-bond donors (Lipinski definition) is 1. The van der Waals surface area contributed by atoms with E-state index in [1.54, 1.807) is 18.9 Å². The van der Waals surface area contributed by atoms with Crippen molar-refractivity contribution in [3.8, 4) is 5.75 Å². The molecule has 1 atom stereocenters. The Morgan fingerprint density at radius 3 is 2.55 bits per heavy atom. The molecular weight excluding hydrogens is 256 g/mol. The minimum Gasteiger partial charge on any atom is -0.496 e. The number of hydrogen-bond acceptors (Lipinski definition) is 4. The van der Waals surface area contributed by atoms with Gasteiger partial charge < -0.3 is 14.7 Å². The number of nitrogens with zero attached hydrogens (tertiary/aromatic N) is 2. The zero-order chi connectivity index (χ0) is 14.6. The number of benzene rings is 1. The average molecular weight is 278 g/mol. The highest BCUT2D eigenvalue weighted by molar-refractivity contribution is 5.47. The number of para-hydroxylation sites is 1. The molecule has 0 aliphatic carbocycles. The second-order valence-electron chi connectivity index (χ2n) is 5.39. The molecule has 0 bridgehead atoms. The predicted octanol–water partition coefficient (Wildman–Crippen LogP) is 0.677. The van der Waals surface area contributed by atoms with Crippen molar-refractivity contribution in [2.24, 2.45) is 0 Å². The summed E-state index contributed by atoms with van der Waals surface area (Å²) in [6.45, 7) is 5.32. The monoisotopic (exact) mass is 278 g/mol. The minimum atomic E-state index is -0.976. The summed E-state index contributed by atoms with van der Waals surface area (Å²) in [6, 6.07) is 7.53. The van der Waals surface area contributed by atoms with E-state index in [9.17, 15) is 9.90 Å². The SMILES string of the molecule is COc1ccccc1C(C)(O)CN1CCN(C=O)CC1. The van der Waals surface area contributed by atoms with Gasteiger partial charge >= 0.3 is 0 Å². The van der Waals surface area contributed by atoms with Gasteiger partial charge in [-0.3, -0.25) is 9.69 Å². The van der Waals surface area contributed by atoms with Crippen LogP contribution in [-0.4, -0.2) is 61.2 Å². The van der Waals surface area contributed by atoms with Crippen molar-refractivity contribution in [1.82, 2.24) is 9.80 Å². The number of ether oxygens (including phenoxy) is 1. The van der Waals surface area contributed by atoms with Crippen LogP contribution in [0.4, 0.5) is 0 Å². The van der Waals surface area contributed by atoms with Crippen LogP contribution >= 0.6 is 0 Å². The number of amides is 1. The van der Waals surface area contributed by atoms with Crippen LogP contribution in [0, 0.1) is 0 Å². The standard InChI is InChI=1S/C15H22N2O3/c1-15(19,13-5-3-4-6-14(13)20-2)11-16-7-9-17(12-18)10-8-16/h3-6,12,19H,7-11H2,1-2H3. The van der Waals surface area contributed by atoms with E-state index in [1.807, 2.05) is 24.3 Å².